The zero-order chi connectivity index (χ0) is 12.7. The second kappa shape index (κ2) is 4.46. The number of rotatable bonds is 2. The number of hydrogen-bond acceptors (Lipinski definition) is 3. The van der Waals surface area contributed by atoms with E-state index in [4.69, 9.17) is 3.83 Å². The van der Waals surface area contributed by atoms with Gasteiger partial charge >= 0.3 is 0 Å². The third kappa shape index (κ3) is 1.71. The topological polar surface area (TPSA) is 55.4 Å². The number of nitrogens with one attached hydrogen (secondary N) is 1. The van der Waals surface area contributed by atoms with Gasteiger partial charge in [0.2, 0.25) is 8.83 Å². The Kier molecular flexibility index (Phi) is 3.46. The van der Waals surface area contributed by atoms with Crippen molar-refractivity contribution in [2.24, 2.45) is 0 Å². The van der Waals surface area contributed by atoms with Gasteiger partial charge < -0.3 is 0 Å². The highest BCUT2D eigenvalue weighted by molar-refractivity contribution is 9.26. The summed E-state index contributed by atoms with van der Waals surface area (Å²) >= 11 is 9.24. The van der Waals surface area contributed by atoms with Crippen molar-refractivity contribution in [1.82, 2.24) is 5.32 Å². The summed E-state index contributed by atoms with van der Waals surface area (Å²) in [5, 5.41) is 2.22. The van der Waals surface area contributed by atoms with E-state index in [1.54, 1.807) is 24.3 Å². The van der Waals surface area contributed by atoms with Crippen LogP contribution in [0.5, 0.6) is 0 Å². The van der Waals surface area contributed by atoms with Crippen LogP contribution < -0.4 is 5.32 Å². The monoisotopic (exact) mass is 425 g/mol. The minimum absolute atomic E-state index is 0.509. The Labute approximate surface area is 123 Å². The summed E-state index contributed by atoms with van der Waals surface area (Å²) in [5.74, 6) is -1.05. The van der Waals surface area contributed by atoms with E-state index >= 15 is 0 Å². The molecule has 7 heteroatoms. The molecule has 1 unspecified atom stereocenters. The molecule has 1 fully saturated rings. The van der Waals surface area contributed by atoms with Gasteiger partial charge in [-0.15, -0.1) is 0 Å². The van der Waals surface area contributed by atoms with Gasteiger partial charge in [-0.3, -0.25) is 18.7 Å². The molecule has 1 atom stereocenters. The lowest BCUT2D eigenvalue weighted by molar-refractivity contribution is -0.132. The summed E-state index contributed by atoms with van der Waals surface area (Å²) in [4.78, 5) is 23.7. The molecule has 2 rings (SSSR count). The average Bonchev–Trinajstić information content (AvgIpc) is 2.48. The van der Waals surface area contributed by atoms with Crippen molar-refractivity contribution in [1.29, 1.82) is 0 Å². The molecule has 0 aromatic heterocycles. The Morgan fingerprint density at radius 1 is 1.06 bits per heavy atom. The van der Waals surface area contributed by atoms with Gasteiger partial charge in [-0.05, 0) is 5.56 Å². The molecule has 1 aromatic carbocycles. The lowest BCUT2D eigenvalue weighted by Crippen LogP contribution is -2.46. The molecule has 17 heavy (non-hydrogen) atoms. The standard InChI is InChI=1S/C10H6Br3NO3/c11-10(12)8(16)14-7(15)9(10,17-13)6-4-2-1-3-5-6/h1-5H,(H,14,15,16). The molecule has 0 saturated carbocycles. The van der Waals surface area contributed by atoms with E-state index in [2.05, 4.69) is 53.4 Å². The predicted octanol–water partition coefficient (Wildman–Crippen LogP) is 2.35. The quantitative estimate of drug-likeness (QED) is 0.582. The average molecular weight is 428 g/mol. The molecule has 1 heterocycles. The molecule has 1 aliphatic rings. The third-order valence-electron chi connectivity index (χ3n) is 2.57. The van der Waals surface area contributed by atoms with Crippen LogP contribution in [0.2, 0.25) is 0 Å². The molecule has 1 aliphatic heterocycles. The van der Waals surface area contributed by atoms with Crippen molar-refractivity contribution in [3.8, 4) is 0 Å². The number of hydrogen-bond donors (Lipinski definition) is 1. The summed E-state index contributed by atoms with van der Waals surface area (Å²) < 4.78 is 3.82. The minimum Gasteiger partial charge on any atom is -0.291 e. The van der Waals surface area contributed by atoms with Gasteiger partial charge in [0.25, 0.3) is 11.8 Å². The molecule has 0 aliphatic carbocycles. The van der Waals surface area contributed by atoms with Gasteiger partial charge in [-0.1, -0.05) is 62.2 Å². The summed E-state index contributed by atoms with van der Waals surface area (Å²) in [6.45, 7) is 0. The molecule has 1 N–H and O–H groups in total. The molecule has 90 valence electrons. The maximum Gasteiger partial charge on any atom is 0.267 e. The molecular formula is C10H6Br3NO3. The van der Waals surface area contributed by atoms with Crippen LogP contribution in [0, 0.1) is 0 Å². The van der Waals surface area contributed by atoms with E-state index in [0.29, 0.717) is 5.56 Å². The lowest BCUT2D eigenvalue weighted by Gasteiger charge is -2.31. The number of carbonyl (C=O) groups is 2. The molecule has 2 amide bonds. The summed E-state index contributed by atoms with van der Waals surface area (Å²) in [6.07, 6.45) is 0. The van der Waals surface area contributed by atoms with Crippen LogP contribution in [-0.2, 0) is 19.0 Å². The Hall–Kier alpha value is -0.240. The number of amides is 2. The molecule has 4 nitrogen and oxygen atoms in total. The van der Waals surface area contributed by atoms with Gasteiger partial charge in [-0.2, -0.15) is 0 Å². The van der Waals surface area contributed by atoms with E-state index in [0.717, 1.165) is 0 Å². The van der Waals surface area contributed by atoms with E-state index in [1.807, 2.05) is 6.07 Å². The zero-order valence-electron chi connectivity index (χ0n) is 8.25. The number of alkyl halides is 2. The zero-order valence-corrected chi connectivity index (χ0v) is 13.0. The van der Waals surface area contributed by atoms with Crippen LogP contribution in [-0.4, -0.2) is 15.0 Å². The van der Waals surface area contributed by atoms with Crippen LogP contribution in [0.3, 0.4) is 0 Å². The van der Waals surface area contributed by atoms with Crippen LogP contribution in [0.15, 0.2) is 30.3 Å². The summed E-state index contributed by atoms with van der Waals surface area (Å²) in [5.41, 5.74) is -0.945. The van der Waals surface area contributed by atoms with Crippen molar-refractivity contribution < 1.29 is 13.4 Å². The van der Waals surface area contributed by atoms with Gasteiger partial charge in [0.15, 0.2) is 0 Å². The highest BCUT2D eigenvalue weighted by Crippen LogP contribution is 2.51. The van der Waals surface area contributed by atoms with Gasteiger partial charge in [-0.25, -0.2) is 0 Å². The number of imide groups is 1. The fourth-order valence-electron chi connectivity index (χ4n) is 1.69. The van der Waals surface area contributed by atoms with Crippen LogP contribution in [0.25, 0.3) is 0 Å². The second-order valence-corrected chi connectivity index (χ2v) is 7.25. The highest BCUT2D eigenvalue weighted by atomic mass is 79.9. The molecule has 1 saturated heterocycles. The van der Waals surface area contributed by atoms with Gasteiger partial charge in [0.1, 0.15) is 16.3 Å². The second-order valence-electron chi connectivity index (χ2n) is 3.48. The first-order chi connectivity index (χ1) is 7.96. The number of halogens is 3. The van der Waals surface area contributed by atoms with E-state index in [9.17, 15) is 9.59 Å². The molecule has 0 bridgehead atoms. The SMILES string of the molecule is O=C1NC(=O)C(OBr)(c2ccccc2)C1(Br)Br. The fraction of sp³-hybridized carbons (Fsp3) is 0.200. The van der Waals surface area contributed by atoms with Crippen molar-refractivity contribution in [2.75, 3.05) is 0 Å². The molecular weight excluding hydrogens is 422 g/mol. The van der Waals surface area contributed by atoms with E-state index < -0.39 is 20.6 Å². The Morgan fingerprint density at radius 3 is 2.06 bits per heavy atom. The first-order valence-corrected chi connectivity index (χ1v) is 6.79. The van der Waals surface area contributed by atoms with Crippen LogP contribution in [0.4, 0.5) is 0 Å². The first kappa shape index (κ1) is 13.2. The molecule has 0 spiro atoms. The van der Waals surface area contributed by atoms with Crippen molar-refractivity contribution >= 4 is 59.9 Å². The van der Waals surface area contributed by atoms with E-state index in [1.165, 1.54) is 0 Å². The largest absolute Gasteiger partial charge is 0.291 e. The smallest absolute Gasteiger partial charge is 0.267 e. The molecule has 1 aromatic rings. The maximum absolute atomic E-state index is 12.0. The normalized spacial score (nSPS) is 27.0. The van der Waals surface area contributed by atoms with Crippen molar-refractivity contribution in [3.63, 3.8) is 0 Å². The van der Waals surface area contributed by atoms with Crippen molar-refractivity contribution in [3.05, 3.63) is 35.9 Å². The predicted molar refractivity (Wildman–Crippen MR) is 71.9 cm³/mol. The summed E-state index contributed by atoms with van der Waals surface area (Å²) in [7, 11) is 0. The summed E-state index contributed by atoms with van der Waals surface area (Å²) in [6, 6.07) is 8.74. The highest BCUT2D eigenvalue weighted by Gasteiger charge is 2.67. The number of carbonyl (C=O) groups excluding carboxylic acids is 2. The van der Waals surface area contributed by atoms with Gasteiger partial charge in [0, 0.05) is 0 Å². The maximum atomic E-state index is 12.0. The first-order valence-electron chi connectivity index (χ1n) is 4.56. The van der Waals surface area contributed by atoms with Crippen LogP contribution >= 0.6 is 48.1 Å². The fourth-order valence-corrected chi connectivity index (χ4v) is 3.87. The van der Waals surface area contributed by atoms with E-state index in [-0.39, 0.29) is 0 Å². The molecule has 0 radical (unpaired) electrons. The van der Waals surface area contributed by atoms with Gasteiger partial charge in [0.05, 0.1) is 0 Å². The Morgan fingerprint density at radius 2 is 1.65 bits per heavy atom. The van der Waals surface area contributed by atoms with Crippen molar-refractivity contribution in [2.45, 2.75) is 8.83 Å². The number of benzene rings is 1. The van der Waals surface area contributed by atoms with Crippen LogP contribution in [0.1, 0.15) is 5.56 Å². The Balaban J connectivity index is 2.66. The lowest BCUT2D eigenvalue weighted by atomic mass is 9.92. The minimum atomic E-state index is -1.49. The Bertz CT molecular complexity index is 477. The third-order valence-corrected chi connectivity index (χ3v) is 4.89.